The number of hydrogen-bond acceptors (Lipinski definition) is 5. The number of esters is 1. The maximum atomic E-state index is 12.1. The number of allylic oxidation sites excluding steroid dienone is 2. The summed E-state index contributed by atoms with van der Waals surface area (Å²) in [5.74, 6) is 1.12. The number of amides is 1. The Labute approximate surface area is 182 Å². The number of methoxy groups -OCH3 is 1. The Morgan fingerprint density at radius 3 is 2.65 bits per heavy atom. The molecule has 0 saturated heterocycles. The number of benzene rings is 2. The summed E-state index contributed by atoms with van der Waals surface area (Å²) >= 11 is 0. The van der Waals surface area contributed by atoms with Crippen molar-refractivity contribution < 1.29 is 19.1 Å². The van der Waals surface area contributed by atoms with Gasteiger partial charge in [0.25, 0.3) is 0 Å². The molecule has 1 heterocycles. The summed E-state index contributed by atoms with van der Waals surface area (Å²) in [6.07, 6.45) is 5.44. The maximum absolute atomic E-state index is 12.1. The first kappa shape index (κ1) is 21.0. The van der Waals surface area contributed by atoms with Gasteiger partial charge in [-0.2, -0.15) is 0 Å². The molecule has 31 heavy (non-hydrogen) atoms. The number of anilines is 2. The number of nitrogens with one attached hydrogen (secondary N) is 2. The Morgan fingerprint density at radius 2 is 1.94 bits per heavy atom. The van der Waals surface area contributed by atoms with Gasteiger partial charge < -0.3 is 20.1 Å². The van der Waals surface area contributed by atoms with E-state index in [9.17, 15) is 9.59 Å². The average Bonchev–Trinajstić information content (AvgIpc) is 3.23. The van der Waals surface area contributed by atoms with Gasteiger partial charge in [0.1, 0.15) is 0 Å². The molecule has 1 amide bonds. The van der Waals surface area contributed by atoms with Crippen molar-refractivity contribution in [2.75, 3.05) is 17.7 Å². The van der Waals surface area contributed by atoms with Crippen molar-refractivity contribution >= 4 is 23.3 Å². The number of carbonyl (C=O) groups excluding carboxylic acids is 2. The van der Waals surface area contributed by atoms with Crippen LogP contribution in [0.15, 0.2) is 48.6 Å². The molecule has 2 aromatic rings. The first-order valence-electron chi connectivity index (χ1n) is 10.6. The van der Waals surface area contributed by atoms with E-state index in [0.717, 1.165) is 23.4 Å². The quantitative estimate of drug-likeness (QED) is 0.403. The largest absolute Gasteiger partial charge is 0.493 e. The van der Waals surface area contributed by atoms with Crippen LogP contribution < -0.4 is 20.1 Å². The van der Waals surface area contributed by atoms with E-state index in [4.69, 9.17) is 9.47 Å². The van der Waals surface area contributed by atoms with Crippen LogP contribution in [-0.4, -0.2) is 19.0 Å². The van der Waals surface area contributed by atoms with E-state index in [-0.39, 0.29) is 29.8 Å². The van der Waals surface area contributed by atoms with Gasteiger partial charge in [-0.25, -0.2) is 0 Å². The third-order valence-electron chi connectivity index (χ3n) is 5.96. The smallest absolute Gasteiger partial charge is 0.308 e. The van der Waals surface area contributed by atoms with Crippen molar-refractivity contribution in [3.63, 3.8) is 0 Å². The number of ether oxygens (including phenoxy) is 2. The SMILES string of the molecule is COc1cc(C2Nc3ccc(NC(=O)C(C)C)cc3C3C=CCC32)ccc1OC(C)=O. The summed E-state index contributed by atoms with van der Waals surface area (Å²) in [5, 5.41) is 6.69. The van der Waals surface area contributed by atoms with E-state index in [2.05, 4.69) is 28.9 Å². The number of hydrogen-bond donors (Lipinski definition) is 2. The Bertz CT molecular complexity index is 1040. The predicted octanol–water partition coefficient (Wildman–Crippen LogP) is 5.04. The molecule has 0 saturated carbocycles. The molecular formula is C25H28N2O4. The zero-order valence-electron chi connectivity index (χ0n) is 18.3. The second-order valence-corrected chi connectivity index (χ2v) is 8.43. The molecule has 4 rings (SSSR count). The summed E-state index contributed by atoms with van der Waals surface area (Å²) in [6, 6.07) is 11.8. The third-order valence-corrected chi connectivity index (χ3v) is 5.96. The molecule has 0 fully saturated rings. The molecule has 0 bridgehead atoms. The molecule has 2 aromatic carbocycles. The molecule has 3 atom stereocenters. The second kappa shape index (κ2) is 8.46. The fourth-order valence-electron chi connectivity index (χ4n) is 4.41. The van der Waals surface area contributed by atoms with Crippen LogP contribution >= 0.6 is 0 Å². The fourth-order valence-corrected chi connectivity index (χ4v) is 4.41. The van der Waals surface area contributed by atoms with Crippen LogP contribution in [0.1, 0.15) is 50.3 Å². The lowest BCUT2D eigenvalue weighted by Gasteiger charge is -2.38. The molecule has 6 nitrogen and oxygen atoms in total. The summed E-state index contributed by atoms with van der Waals surface area (Å²) in [6.45, 7) is 5.15. The molecule has 6 heteroatoms. The van der Waals surface area contributed by atoms with Gasteiger partial charge in [-0.15, -0.1) is 0 Å². The normalized spacial score (nSPS) is 21.1. The minimum atomic E-state index is -0.379. The Balaban J connectivity index is 1.65. The van der Waals surface area contributed by atoms with Crippen LogP contribution in [0.2, 0.25) is 0 Å². The molecular weight excluding hydrogens is 392 g/mol. The van der Waals surface area contributed by atoms with E-state index >= 15 is 0 Å². The zero-order chi connectivity index (χ0) is 22.1. The number of carbonyl (C=O) groups is 2. The highest BCUT2D eigenvalue weighted by Crippen LogP contribution is 2.51. The summed E-state index contributed by atoms with van der Waals surface area (Å²) in [7, 11) is 1.57. The molecule has 1 aliphatic heterocycles. The Kier molecular flexibility index (Phi) is 5.72. The highest BCUT2D eigenvalue weighted by Gasteiger charge is 2.38. The Hall–Kier alpha value is -3.28. The van der Waals surface area contributed by atoms with Crippen LogP contribution in [0.4, 0.5) is 11.4 Å². The lowest BCUT2D eigenvalue weighted by atomic mass is 9.77. The summed E-state index contributed by atoms with van der Waals surface area (Å²) in [4.78, 5) is 23.5. The van der Waals surface area contributed by atoms with Crippen molar-refractivity contribution in [2.45, 2.75) is 39.2 Å². The van der Waals surface area contributed by atoms with Crippen LogP contribution in [0.5, 0.6) is 11.5 Å². The highest BCUT2D eigenvalue weighted by atomic mass is 16.6. The lowest BCUT2D eigenvalue weighted by molar-refractivity contribution is -0.132. The molecule has 0 aromatic heterocycles. The van der Waals surface area contributed by atoms with Gasteiger partial charge in [0, 0.05) is 30.1 Å². The van der Waals surface area contributed by atoms with E-state index in [1.165, 1.54) is 12.5 Å². The topological polar surface area (TPSA) is 76.7 Å². The first-order valence-corrected chi connectivity index (χ1v) is 10.6. The van der Waals surface area contributed by atoms with E-state index < -0.39 is 0 Å². The van der Waals surface area contributed by atoms with Crippen molar-refractivity contribution in [3.05, 3.63) is 59.7 Å². The van der Waals surface area contributed by atoms with Crippen molar-refractivity contribution in [2.24, 2.45) is 11.8 Å². The second-order valence-electron chi connectivity index (χ2n) is 8.43. The van der Waals surface area contributed by atoms with E-state index in [1.54, 1.807) is 13.2 Å². The van der Waals surface area contributed by atoms with Crippen molar-refractivity contribution in [1.82, 2.24) is 0 Å². The van der Waals surface area contributed by atoms with Gasteiger partial charge >= 0.3 is 5.97 Å². The van der Waals surface area contributed by atoms with Crippen LogP contribution in [0.25, 0.3) is 0 Å². The molecule has 3 unspecified atom stereocenters. The van der Waals surface area contributed by atoms with E-state index in [1.807, 2.05) is 38.1 Å². The summed E-state index contributed by atoms with van der Waals surface area (Å²) in [5.41, 5.74) is 4.15. The molecule has 0 radical (unpaired) electrons. The molecule has 0 spiro atoms. The molecule has 2 aliphatic rings. The number of fused-ring (bicyclic) bond motifs is 3. The highest BCUT2D eigenvalue weighted by molar-refractivity contribution is 5.92. The lowest BCUT2D eigenvalue weighted by Crippen LogP contribution is -2.29. The van der Waals surface area contributed by atoms with Crippen LogP contribution in [0.3, 0.4) is 0 Å². The third kappa shape index (κ3) is 4.15. The van der Waals surface area contributed by atoms with Gasteiger partial charge in [-0.05, 0) is 53.8 Å². The minimum absolute atomic E-state index is 0.0140. The Morgan fingerprint density at radius 1 is 1.13 bits per heavy atom. The van der Waals surface area contributed by atoms with Gasteiger partial charge in [-0.1, -0.05) is 32.1 Å². The molecule has 2 N–H and O–H groups in total. The van der Waals surface area contributed by atoms with Gasteiger partial charge in [-0.3, -0.25) is 9.59 Å². The number of rotatable bonds is 5. The van der Waals surface area contributed by atoms with E-state index in [0.29, 0.717) is 17.4 Å². The van der Waals surface area contributed by atoms with Crippen LogP contribution in [-0.2, 0) is 9.59 Å². The van der Waals surface area contributed by atoms with Crippen LogP contribution in [0, 0.1) is 11.8 Å². The fraction of sp³-hybridized carbons (Fsp3) is 0.360. The zero-order valence-corrected chi connectivity index (χ0v) is 18.3. The monoisotopic (exact) mass is 420 g/mol. The van der Waals surface area contributed by atoms with Crippen molar-refractivity contribution in [1.29, 1.82) is 0 Å². The molecule has 1 aliphatic carbocycles. The average molecular weight is 421 g/mol. The molecule has 162 valence electrons. The van der Waals surface area contributed by atoms with Gasteiger partial charge in [0.15, 0.2) is 11.5 Å². The van der Waals surface area contributed by atoms with Gasteiger partial charge in [0.05, 0.1) is 13.2 Å². The standard InChI is InChI=1S/C25H28N2O4/c1-14(2)25(29)26-17-9-10-21-20(13-17)18-6-5-7-19(18)24(27-21)16-8-11-22(31-15(3)28)23(12-16)30-4/h5-6,8-14,18-19,24,27H,7H2,1-4H3,(H,26,29). The predicted molar refractivity (Wildman–Crippen MR) is 121 cm³/mol. The minimum Gasteiger partial charge on any atom is -0.493 e. The van der Waals surface area contributed by atoms with Crippen molar-refractivity contribution in [3.8, 4) is 11.5 Å². The first-order chi connectivity index (χ1) is 14.9. The summed E-state index contributed by atoms with van der Waals surface area (Å²) < 4.78 is 10.7. The van der Waals surface area contributed by atoms with Gasteiger partial charge in [0.2, 0.25) is 5.91 Å². The maximum Gasteiger partial charge on any atom is 0.308 e.